The third-order valence-electron chi connectivity index (χ3n) is 1.99. The molecule has 4 nitrogen and oxygen atoms in total. The zero-order valence-electron chi connectivity index (χ0n) is 7.45. The topological polar surface area (TPSA) is 50.2 Å². The number of H-pyrrole nitrogens is 1. The Morgan fingerprint density at radius 2 is 2.38 bits per heavy atom. The summed E-state index contributed by atoms with van der Waals surface area (Å²) < 4.78 is 1.61. The Hall–Kier alpha value is -1.58. The highest BCUT2D eigenvalue weighted by Crippen LogP contribution is 2.01. The van der Waals surface area contributed by atoms with Crippen LogP contribution in [-0.2, 0) is 6.42 Å². The van der Waals surface area contributed by atoms with E-state index in [1.807, 2.05) is 6.07 Å². The maximum absolute atomic E-state index is 11.4. The number of nitrogens with one attached hydrogen (secondary N) is 1. The average Bonchev–Trinajstić information content (AvgIpc) is 2.51. The van der Waals surface area contributed by atoms with Crippen LogP contribution in [-0.4, -0.2) is 14.6 Å². The molecule has 13 heavy (non-hydrogen) atoms. The number of aromatic nitrogens is 3. The van der Waals surface area contributed by atoms with E-state index in [2.05, 4.69) is 17.1 Å². The molecule has 0 unspecified atom stereocenters. The van der Waals surface area contributed by atoms with Gasteiger partial charge in [-0.3, -0.25) is 9.89 Å². The largest absolute Gasteiger partial charge is 0.269 e. The molecule has 2 aromatic heterocycles. The van der Waals surface area contributed by atoms with Crippen LogP contribution < -0.4 is 5.56 Å². The number of rotatable bonds is 2. The molecular weight excluding hydrogens is 166 g/mol. The average molecular weight is 177 g/mol. The lowest BCUT2D eigenvalue weighted by molar-refractivity contribution is 0.810. The lowest BCUT2D eigenvalue weighted by atomic mass is 10.3. The van der Waals surface area contributed by atoms with Crippen molar-refractivity contribution >= 4 is 5.65 Å². The summed E-state index contributed by atoms with van der Waals surface area (Å²) in [5.74, 6) is 0.808. The van der Waals surface area contributed by atoms with Gasteiger partial charge in [-0.25, -0.2) is 4.40 Å². The number of nitrogens with zero attached hydrogens (tertiary/aromatic N) is 2. The summed E-state index contributed by atoms with van der Waals surface area (Å²) in [6.07, 6.45) is 1.81. The maximum Gasteiger partial charge on any atom is 0.257 e. The smallest absolute Gasteiger partial charge is 0.257 e. The van der Waals surface area contributed by atoms with E-state index in [0.29, 0.717) is 0 Å². The van der Waals surface area contributed by atoms with Gasteiger partial charge in [0, 0.05) is 12.5 Å². The van der Waals surface area contributed by atoms with Crippen molar-refractivity contribution in [2.45, 2.75) is 19.8 Å². The molecule has 0 fully saturated rings. The lowest BCUT2D eigenvalue weighted by Crippen LogP contribution is -2.13. The van der Waals surface area contributed by atoms with Crippen molar-refractivity contribution in [1.82, 2.24) is 14.6 Å². The van der Waals surface area contributed by atoms with Gasteiger partial charge in [0.15, 0.2) is 0 Å². The van der Waals surface area contributed by atoms with E-state index < -0.39 is 0 Å². The Kier molecular flexibility index (Phi) is 1.88. The van der Waals surface area contributed by atoms with Crippen LogP contribution in [0.25, 0.3) is 5.65 Å². The van der Waals surface area contributed by atoms with E-state index in [0.717, 1.165) is 24.3 Å². The van der Waals surface area contributed by atoms with Gasteiger partial charge in [-0.15, -0.1) is 0 Å². The molecule has 0 saturated heterocycles. The summed E-state index contributed by atoms with van der Waals surface area (Å²) in [4.78, 5) is 11.4. The molecule has 0 bridgehead atoms. The van der Waals surface area contributed by atoms with E-state index in [1.165, 1.54) is 0 Å². The molecule has 2 rings (SSSR count). The molecule has 0 aliphatic heterocycles. The molecule has 0 saturated carbocycles. The number of hydrogen-bond acceptors (Lipinski definition) is 2. The molecule has 2 aromatic rings. The van der Waals surface area contributed by atoms with Crippen LogP contribution in [0.1, 0.15) is 19.2 Å². The summed E-state index contributed by atoms with van der Waals surface area (Å²) in [6, 6.07) is 5.11. The molecule has 2 heterocycles. The predicted molar refractivity (Wildman–Crippen MR) is 49.8 cm³/mol. The van der Waals surface area contributed by atoms with E-state index in [-0.39, 0.29) is 5.56 Å². The normalized spacial score (nSPS) is 10.8. The quantitative estimate of drug-likeness (QED) is 0.743. The minimum Gasteiger partial charge on any atom is -0.269 e. The summed E-state index contributed by atoms with van der Waals surface area (Å²) >= 11 is 0. The van der Waals surface area contributed by atoms with E-state index in [1.54, 1.807) is 16.5 Å². The van der Waals surface area contributed by atoms with Gasteiger partial charge in [-0.05, 0) is 12.5 Å². The summed E-state index contributed by atoms with van der Waals surface area (Å²) in [5.41, 5.74) is 0.741. The molecule has 1 N–H and O–H groups in total. The van der Waals surface area contributed by atoms with E-state index in [9.17, 15) is 4.79 Å². The van der Waals surface area contributed by atoms with Crippen molar-refractivity contribution in [3.63, 3.8) is 0 Å². The van der Waals surface area contributed by atoms with Crippen LogP contribution in [0.15, 0.2) is 23.0 Å². The van der Waals surface area contributed by atoms with Gasteiger partial charge in [-0.2, -0.15) is 5.10 Å². The van der Waals surface area contributed by atoms with Gasteiger partial charge >= 0.3 is 0 Å². The maximum atomic E-state index is 11.4. The number of pyridine rings is 1. The van der Waals surface area contributed by atoms with Crippen molar-refractivity contribution < 1.29 is 0 Å². The first kappa shape index (κ1) is 8.04. The second kappa shape index (κ2) is 3.05. The molecule has 0 aliphatic rings. The van der Waals surface area contributed by atoms with Gasteiger partial charge in [0.05, 0.1) is 0 Å². The molecule has 4 heteroatoms. The molecule has 0 aromatic carbocycles. The van der Waals surface area contributed by atoms with E-state index >= 15 is 0 Å². The highest BCUT2D eigenvalue weighted by molar-refractivity contribution is 5.36. The van der Waals surface area contributed by atoms with Crippen LogP contribution in [0.4, 0.5) is 0 Å². The minimum atomic E-state index is -0.0188. The molecule has 0 atom stereocenters. The first-order valence-corrected chi connectivity index (χ1v) is 4.38. The molecule has 0 spiro atoms. The van der Waals surface area contributed by atoms with Crippen molar-refractivity contribution in [2.24, 2.45) is 0 Å². The minimum absolute atomic E-state index is 0.0188. The molecule has 68 valence electrons. The number of aromatic amines is 1. The standard InChI is InChI=1S/C9H11N3O/c1-2-4-7-10-11-8-5-3-6-9(13)12(7)8/h3,5-6,11H,2,4H2,1H3. The third kappa shape index (κ3) is 1.24. The zero-order valence-corrected chi connectivity index (χ0v) is 7.45. The highest BCUT2D eigenvalue weighted by Gasteiger charge is 2.03. The Balaban J connectivity index is 2.71. The number of hydrogen-bond donors (Lipinski definition) is 1. The third-order valence-corrected chi connectivity index (χ3v) is 1.99. The second-order valence-corrected chi connectivity index (χ2v) is 2.97. The lowest BCUT2D eigenvalue weighted by Gasteiger charge is -1.94. The highest BCUT2D eigenvalue weighted by atomic mass is 16.1. The Bertz CT molecular complexity index is 469. The monoisotopic (exact) mass is 177 g/mol. The Morgan fingerprint density at radius 1 is 1.54 bits per heavy atom. The van der Waals surface area contributed by atoms with Gasteiger partial charge < -0.3 is 0 Å². The second-order valence-electron chi connectivity index (χ2n) is 2.97. The Morgan fingerprint density at radius 3 is 3.15 bits per heavy atom. The van der Waals surface area contributed by atoms with Crippen LogP contribution in [0, 0.1) is 0 Å². The Labute approximate surface area is 75.2 Å². The van der Waals surface area contributed by atoms with Crippen molar-refractivity contribution in [3.05, 3.63) is 34.4 Å². The first-order valence-electron chi connectivity index (χ1n) is 4.38. The summed E-state index contributed by atoms with van der Waals surface area (Å²) in [7, 11) is 0. The molecule has 0 amide bonds. The van der Waals surface area contributed by atoms with Crippen LogP contribution >= 0.6 is 0 Å². The van der Waals surface area contributed by atoms with Gasteiger partial charge in [0.2, 0.25) is 0 Å². The van der Waals surface area contributed by atoms with Crippen molar-refractivity contribution in [3.8, 4) is 0 Å². The fourth-order valence-electron chi connectivity index (χ4n) is 1.41. The van der Waals surface area contributed by atoms with Gasteiger partial charge in [0.25, 0.3) is 5.56 Å². The van der Waals surface area contributed by atoms with Crippen LogP contribution in [0.5, 0.6) is 0 Å². The van der Waals surface area contributed by atoms with Gasteiger partial charge in [-0.1, -0.05) is 13.0 Å². The predicted octanol–water partition coefficient (Wildman–Crippen LogP) is 0.975. The number of aryl methyl sites for hydroxylation is 1. The van der Waals surface area contributed by atoms with Gasteiger partial charge in [0.1, 0.15) is 11.5 Å². The fraction of sp³-hybridized carbons (Fsp3) is 0.333. The summed E-state index contributed by atoms with van der Waals surface area (Å²) in [5, 5.41) is 6.91. The number of fused-ring (bicyclic) bond motifs is 1. The zero-order chi connectivity index (χ0) is 9.26. The molecule has 0 radical (unpaired) electrons. The van der Waals surface area contributed by atoms with E-state index in [4.69, 9.17) is 0 Å². The fourth-order valence-corrected chi connectivity index (χ4v) is 1.41. The molecule has 0 aliphatic carbocycles. The summed E-state index contributed by atoms with van der Waals surface area (Å²) in [6.45, 7) is 2.06. The molecular formula is C9H11N3O. The van der Waals surface area contributed by atoms with Crippen molar-refractivity contribution in [1.29, 1.82) is 0 Å². The first-order chi connectivity index (χ1) is 6.33. The van der Waals surface area contributed by atoms with Crippen LogP contribution in [0.3, 0.4) is 0 Å². The SMILES string of the molecule is CCCc1n[nH]c2cccc(=O)n12. The van der Waals surface area contributed by atoms with Crippen molar-refractivity contribution in [2.75, 3.05) is 0 Å². The van der Waals surface area contributed by atoms with Crippen LogP contribution in [0.2, 0.25) is 0 Å².